The van der Waals surface area contributed by atoms with Gasteiger partial charge in [-0.15, -0.1) is 0 Å². The lowest BCUT2D eigenvalue weighted by atomic mass is 9.72. The van der Waals surface area contributed by atoms with Crippen molar-refractivity contribution in [2.45, 2.75) is 54.4 Å². The van der Waals surface area contributed by atoms with Crippen LogP contribution in [0, 0.1) is 16.7 Å². The Morgan fingerprint density at radius 3 is 2.06 bits per heavy atom. The third kappa shape index (κ3) is 7.77. The van der Waals surface area contributed by atoms with Crippen molar-refractivity contribution in [3.8, 4) is 0 Å². The van der Waals surface area contributed by atoms with Gasteiger partial charge in [0.1, 0.15) is 0 Å². The van der Waals surface area contributed by atoms with Gasteiger partial charge in [-0.05, 0) is 29.6 Å². The molecule has 2 heteroatoms. The van der Waals surface area contributed by atoms with Crippen molar-refractivity contribution < 1.29 is 4.74 Å². The summed E-state index contributed by atoms with van der Waals surface area (Å²) in [5.74, 6) is 0.708. The molecule has 0 rings (SSSR count). The van der Waals surface area contributed by atoms with Gasteiger partial charge in [-0.25, -0.2) is 0 Å². The van der Waals surface area contributed by atoms with Crippen molar-refractivity contribution in [1.29, 1.82) is 0 Å². The van der Waals surface area contributed by atoms with Gasteiger partial charge in [0, 0.05) is 20.2 Å². The van der Waals surface area contributed by atoms with Crippen molar-refractivity contribution in [2.24, 2.45) is 16.7 Å². The highest BCUT2D eigenvalue weighted by molar-refractivity contribution is 4.82. The molecule has 1 atom stereocenters. The van der Waals surface area contributed by atoms with E-state index in [0.717, 1.165) is 19.7 Å². The van der Waals surface area contributed by atoms with E-state index in [9.17, 15) is 0 Å². The fourth-order valence-corrected chi connectivity index (χ4v) is 1.79. The SMILES string of the molecule is COCCNCC(C)(CCC(C)(C)C)C(C)C. The topological polar surface area (TPSA) is 21.3 Å². The summed E-state index contributed by atoms with van der Waals surface area (Å²) in [5, 5.41) is 3.52. The summed E-state index contributed by atoms with van der Waals surface area (Å²) >= 11 is 0. The maximum atomic E-state index is 5.07. The lowest BCUT2D eigenvalue weighted by Crippen LogP contribution is -2.38. The molecular formula is C15H33NO. The van der Waals surface area contributed by atoms with Gasteiger partial charge in [-0.3, -0.25) is 0 Å². The third-order valence-electron chi connectivity index (χ3n) is 3.85. The van der Waals surface area contributed by atoms with Gasteiger partial charge in [0.2, 0.25) is 0 Å². The van der Waals surface area contributed by atoms with E-state index in [0.29, 0.717) is 16.7 Å². The molecule has 0 heterocycles. The number of hydrogen-bond donors (Lipinski definition) is 1. The van der Waals surface area contributed by atoms with E-state index in [1.807, 2.05) is 0 Å². The van der Waals surface area contributed by atoms with Gasteiger partial charge in [0.25, 0.3) is 0 Å². The predicted molar refractivity (Wildman–Crippen MR) is 76.4 cm³/mol. The predicted octanol–water partition coefficient (Wildman–Crippen LogP) is 3.71. The van der Waals surface area contributed by atoms with Crippen molar-refractivity contribution in [2.75, 3.05) is 26.8 Å². The summed E-state index contributed by atoms with van der Waals surface area (Å²) in [6.45, 7) is 16.9. The summed E-state index contributed by atoms with van der Waals surface area (Å²) in [6.07, 6.45) is 2.57. The summed E-state index contributed by atoms with van der Waals surface area (Å²) in [6, 6.07) is 0. The Bertz CT molecular complexity index is 196. The number of nitrogens with one attached hydrogen (secondary N) is 1. The van der Waals surface area contributed by atoms with Crippen LogP contribution in [0.1, 0.15) is 54.4 Å². The maximum absolute atomic E-state index is 5.07. The number of methoxy groups -OCH3 is 1. The summed E-state index contributed by atoms with van der Waals surface area (Å²) in [4.78, 5) is 0. The third-order valence-corrected chi connectivity index (χ3v) is 3.85. The largest absolute Gasteiger partial charge is 0.383 e. The van der Waals surface area contributed by atoms with E-state index in [4.69, 9.17) is 4.74 Å². The van der Waals surface area contributed by atoms with Crippen molar-refractivity contribution in [1.82, 2.24) is 5.32 Å². The number of ether oxygens (including phenoxy) is 1. The van der Waals surface area contributed by atoms with Crippen LogP contribution in [-0.4, -0.2) is 26.8 Å². The molecule has 1 unspecified atom stereocenters. The van der Waals surface area contributed by atoms with Crippen molar-refractivity contribution in [3.63, 3.8) is 0 Å². The minimum Gasteiger partial charge on any atom is -0.383 e. The van der Waals surface area contributed by atoms with Crippen LogP contribution >= 0.6 is 0 Å². The quantitative estimate of drug-likeness (QED) is 0.656. The second kappa shape index (κ2) is 7.38. The van der Waals surface area contributed by atoms with Gasteiger partial charge >= 0.3 is 0 Å². The van der Waals surface area contributed by atoms with E-state index in [-0.39, 0.29) is 0 Å². The molecule has 0 aliphatic heterocycles. The molecule has 0 aromatic carbocycles. The number of hydrogen-bond acceptors (Lipinski definition) is 2. The average molecular weight is 243 g/mol. The van der Waals surface area contributed by atoms with Crippen molar-refractivity contribution in [3.05, 3.63) is 0 Å². The Morgan fingerprint density at radius 2 is 1.65 bits per heavy atom. The molecule has 0 radical (unpaired) electrons. The van der Waals surface area contributed by atoms with Gasteiger partial charge in [0.15, 0.2) is 0 Å². The fraction of sp³-hybridized carbons (Fsp3) is 1.00. The Morgan fingerprint density at radius 1 is 1.06 bits per heavy atom. The first-order valence-corrected chi connectivity index (χ1v) is 6.91. The highest BCUT2D eigenvalue weighted by atomic mass is 16.5. The molecule has 1 N–H and O–H groups in total. The molecule has 0 saturated heterocycles. The molecular weight excluding hydrogens is 210 g/mol. The van der Waals surface area contributed by atoms with Crippen LogP contribution in [0.5, 0.6) is 0 Å². The van der Waals surface area contributed by atoms with Gasteiger partial charge < -0.3 is 10.1 Å². The Labute approximate surface area is 109 Å². The highest BCUT2D eigenvalue weighted by Gasteiger charge is 2.29. The zero-order valence-corrected chi connectivity index (χ0v) is 13.0. The molecule has 0 saturated carbocycles. The average Bonchev–Trinajstić information content (AvgIpc) is 2.20. The maximum Gasteiger partial charge on any atom is 0.0587 e. The van der Waals surface area contributed by atoms with E-state index in [1.165, 1.54) is 12.8 Å². The second-order valence-electron chi connectivity index (χ2n) is 7.04. The first-order chi connectivity index (χ1) is 7.71. The van der Waals surface area contributed by atoms with Crippen LogP contribution in [0.2, 0.25) is 0 Å². The standard InChI is InChI=1S/C15H33NO/c1-13(2)15(6,9-8-14(3,4)5)12-16-10-11-17-7/h13,16H,8-12H2,1-7H3. The summed E-state index contributed by atoms with van der Waals surface area (Å²) < 4.78 is 5.07. The number of rotatable bonds is 8. The molecule has 0 aliphatic carbocycles. The minimum atomic E-state index is 0.390. The molecule has 0 amide bonds. The Hall–Kier alpha value is -0.0800. The normalized spacial score (nSPS) is 16.2. The summed E-state index contributed by atoms with van der Waals surface area (Å²) in [5.41, 5.74) is 0.823. The zero-order chi connectivity index (χ0) is 13.5. The van der Waals surface area contributed by atoms with Crippen LogP contribution in [-0.2, 0) is 4.74 Å². The zero-order valence-electron chi connectivity index (χ0n) is 13.0. The lowest BCUT2D eigenvalue weighted by Gasteiger charge is -2.36. The monoisotopic (exact) mass is 243 g/mol. The van der Waals surface area contributed by atoms with Crippen LogP contribution < -0.4 is 5.32 Å². The van der Waals surface area contributed by atoms with E-state index in [2.05, 4.69) is 46.9 Å². The smallest absolute Gasteiger partial charge is 0.0587 e. The molecule has 0 bridgehead atoms. The fourth-order valence-electron chi connectivity index (χ4n) is 1.79. The molecule has 0 fully saturated rings. The molecule has 104 valence electrons. The molecule has 0 aromatic rings. The molecule has 17 heavy (non-hydrogen) atoms. The Balaban J connectivity index is 4.17. The lowest BCUT2D eigenvalue weighted by molar-refractivity contribution is 0.149. The van der Waals surface area contributed by atoms with Gasteiger partial charge in [-0.1, -0.05) is 41.5 Å². The van der Waals surface area contributed by atoms with Crippen molar-refractivity contribution >= 4 is 0 Å². The van der Waals surface area contributed by atoms with Gasteiger partial charge in [-0.2, -0.15) is 0 Å². The minimum absolute atomic E-state index is 0.390. The first-order valence-electron chi connectivity index (χ1n) is 6.91. The summed E-state index contributed by atoms with van der Waals surface area (Å²) in [7, 11) is 1.75. The van der Waals surface area contributed by atoms with Crippen LogP contribution in [0.4, 0.5) is 0 Å². The first kappa shape index (κ1) is 16.9. The van der Waals surface area contributed by atoms with E-state index < -0.39 is 0 Å². The van der Waals surface area contributed by atoms with Crippen LogP contribution in [0.15, 0.2) is 0 Å². The Kier molecular flexibility index (Phi) is 7.34. The molecule has 0 aromatic heterocycles. The van der Waals surface area contributed by atoms with Gasteiger partial charge in [0.05, 0.1) is 6.61 Å². The molecule has 0 spiro atoms. The second-order valence-corrected chi connectivity index (χ2v) is 7.04. The van der Waals surface area contributed by atoms with Crippen LogP contribution in [0.3, 0.4) is 0 Å². The van der Waals surface area contributed by atoms with E-state index >= 15 is 0 Å². The molecule has 0 aliphatic rings. The van der Waals surface area contributed by atoms with Crippen LogP contribution in [0.25, 0.3) is 0 Å². The van der Waals surface area contributed by atoms with E-state index in [1.54, 1.807) is 7.11 Å². The highest BCUT2D eigenvalue weighted by Crippen LogP contribution is 2.35. The molecule has 2 nitrogen and oxygen atoms in total.